The number of carbonyl (C=O) groups excluding carboxylic acids is 1. The van der Waals surface area contributed by atoms with Crippen LogP contribution in [0.2, 0.25) is 0 Å². The quantitative estimate of drug-likeness (QED) is 0.853. The lowest BCUT2D eigenvalue weighted by atomic mass is 9.83. The lowest BCUT2D eigenvalue weighted by molar-refractivity contribution is 0.0607. The molecule has 0 spiro atoms. The largest absolute Gasteiger partial charge is 0.425 e. The first kappa shape index (κ1) is 15.8. The molecular weight excluding hydrogens is 326 g/mol. The molecule has 4 heterocycles. The van der Waals surface area contributed by atoms with E-state index in [9.17, 15) is 4.79 Å². The van der Waals surface area contributed by atoms with Crippen molar-refractivity contribution in [1.82, 2.24) is 15.1 Å². The van der Waals surface area contributed by atoms with Gasteiger partial charge in [-0.25, -0.2) is 0 Å². The van der Waals surface area contributed by atoms with Crippen molar-refractivity contribution in [1.29, 1.82) is 0 Å². The minimum absolute atomic E-state index is 0.121. The number of rotatable bonds is 3. The van der Waals surface area contributed by atoms with Gasteiger partial charge < -0.3 is 14.1 Å². The third-order valence-corrected chi connectivity index (χ3v) is 6.09. The molecule has 2 fully saturated rings. The zero-order valence-corrected chi connectivity index (χ0v) is 14.7. The number of fused-ring (bicyclic) bond motifs is 1. The van der Waals surface area contributed by atoms with Gasteiger partial charge in [-0.1, -0.05) is 0 Å². The van der Waals surface area contributed by atoms with Gasteiger partial charge in [0.2, 0.25) is 11.8 Å². The Bertz CT molecular complexity index is 741. The molecule has 2 aromatic rings. The van der Waals surface area contributed by atoms with Gasteiger partial charge in [-0.2, -0.15) is 0 Å². The zero-order valence-electron chi connectivity index (χ0n) is 13.9. The number of piperidine rings is 1. The number of likely N-dealkylation sites (tertiary alicyclic amines) is 1. The van der Waals surface area contributed by atoms with Crippen molar-refractivity contribution in [2.24, 2.45) is 11.8 Å². The third kappa shape index (κ3) is 2.86. The fourth-order valence-corrected chi connectivity index (χ4v) is 4.70. The Labute approximate surface area is 144 Å². The molecule has 0 aliphatic carbocycles. The van der Waals surface area contributed by atoms with E-state index in [0.717, 1.165) is 30.0 Å². The Balaban J connectivity index is 1.40. The van der Waals surface area contributed by atoms with E-state index in [-0.39, 0.29) is 12.0 Å². The number of hydrogen-bond acceptors (Lipinski definition) is 6. The molecule has 0 N–H and O–H groups in total. The molecule has 0 unspecified atom stereocenters. The second kappa shape index (κ2) is 6.29. The zero-order chi connectivity index (χ0) is 16.7. The van der Waals surface area contributed by atoms with Crippen molar-refractivity contribution in [3.8, 4) is 0 Å². The van der Waals surface area contributed by atoms with E-state index in [4.69, 9.17) is 9.15 Å². The fraction of sp³-hybridized carbons (Fsp3) is 0.588. The molecule has 24 heavy (non-hydrogen) atoms. The number of ether oxygens (including phenoxy) is 1. The van der Waals surface area contributed by atoms with Crippen LogP contribution in [-0.4, -0.2) is 46.8 Å². The normalized spacial score (nSPS) is 26.6. The van der Waals surface area contributed by atoms with Crippen LogP contribution < -0.4 is 0 Å². The van der Waals surface area contributed by atoms with Crippen molar-refractivity contribution in [2.75, 3.05) is 19.7 Å². The van der Waals surface area contributed by atoms with E-state index in [1.807, 2.05) is 23.3 Å². The van der Waals surface area contributed by atoms with Gasteiger partial charge in [-0.05, 0) is 36.3 Å². The van der Waals surface area contributed by atoms with Crippen LogP contribution in [0.3, 0.4) is 0 Å². The summed E-state index contributed by atoms with van der Waals surface area (Å²) in [6, 6.07) is 2.01. The Morgan fingerprint density at radius 1 is 1.42 bits per heavy atom. The Hall–Kier alpha value is -1.73. The minimum Gasteiger partial charge on any atom is -0.425 e. The summed E-state index contributed by atoms with van der Waals surface area (Å²) in [5.74, 6) is 2.26. The summed E-state index contributed by atoms with van der Waals surface area (Å²) in [7, 11) is 0. The van der Waals surface area contributed by atoms with Crippen LogP contribution in [-0.2, 0) is 11.2 Å². The first-order valence-corrected chi connectivity index (χ1v) is 9.23. The number of thiophene rings is 1. The molecule has 2 saturated heterocycles. The first-order chi connectivity index (χ1) is 11.6. The molecule has 6 nitrogen and oxygen atoms in total. The first-order valence-electron chi connectivity index (χ1n) is 8.36. The third-order valence-electron chi connectivity index (χ3n) is 5.08. The lowest BCUT2D eigenvalue weighted by Gasteiger charge is -2.35. The summed E-state index contributed by atoms with van der Waals surface area (Å²) in [4.78, 5) is 15.6. The highest BCUT2D eigenvalue weighted by Gasteiger charge is 2.42. The highest BCUT2D eigenvalue weighted by Crippen LogP contribution is 2.36. The SMILES string of the molecule is Cc1nnc(C[C@@H]2OC[C@H]3CN(C(=O)c4sccc4C)CC[C@H]32)o1. The second-order valence-corrected chi connectivity index (χ2v) is 7.60. The van der Waals surface area contributed by atoms with Crippen LogP contribution in [0.1, 0.15) is 33.4 Å². The topological polar surface area (TPSA) is 68.5 Å². The molecular formula is C17H21N3O3S. The van der Waals surface area contributed by atoms with Crippen LogP contribution in [0.5, 0.6) is 0 Å². The van der Waals surface area contributed by atoms with Crippen molar-refractivity contribution in [3.63, 3.8) is 0 Å². The molecule has 128 valence electrons. The summed E-state index contributed by atoms with van der Waals surface area (Å²) in [5.41, 5.74) is 1.07. The molecule has 2 aliphatic heterocycles. The maximum atomic E-state index is 12.7. The van der Waals surface area contributed by atoms with Gasteiger partial charge in [-0.15, -0.1) is 21.5 Å². The van der Waals surface area contributed by atoms with Crippen LogP contribution in [0.25, 0.3) is 0 Å². The molecule has 1 amide bonds. The fourth-order valence-electron chi connectivity index (χ4n) is 3.81. The highest BCUT2D eigenvalue weighted by molar-refractivity contribution is 7.12. The van der Waals surface area contributed by atoms with Crippen LogP contribution in [0, 0.1) is 25.7 Å². The average Bonchev–Trinajstić information content (AvgIpc) is 3.28. The lowest BCUT2D eigenvalue weighted by Crippen LogP contribution is -2.44. The van der Waals surface area contributed by atoms with Gasteiger partial charge in [0.15, 0.2) is 0 Å². The number of amides is 1. The van der Waals surface area contributed by atoms with Crippen molar-refractivity contribution in [3.05, 3.63) is 33.7 Å². The Morgan fingerprint density at radius 2 is 2.29 bits per heavy atom. The average molecular weight is 347 g/mol. The van der Waals surface area contributed by atoms with E-state index in [1.165, 1.54) is 11.3 Å². The monoisotopic (exact) mass is 347 g/mol. The van der Waals surface area contributed by atoms with Crippen LogP contribution in [0.15, 0.2) is 15.9 Å². The van der Waals surface area contributed by atoms with E-state index in [1.54, 1.807) is 6.92 Å². The number of hydrogen-bond donors (Lipinski definition) is 0. The molecule has 2 aliphatic rings. The van der Waals surface area contributed by atoms with Gasteiger partial charge >= 0.3 is 0 Å². The van der Waals surface area contributed by atoms with Crippen molar-refractivity contribution >= 4 is 17.2 Å². The van der Waals surface area contributed by atoms with Crippen LogP contribution in [0.4, 0.5) is 0 Å². The standard InChI is InChI=1S/C17H21N3O3S/c1-10-4-6-24-16(10)17(21)20-5-3-13-12(8-20)9-22-14(13)7-15-19-18-11(2)23-15/h4,6,12-14H,3,5,7-9H2,1-2H3/t12-,13-,14+/m1/s1. The molecule has 0 bridgehead atoms. The van der Waals surface area contributed by atoms with E-state index >= 15 is 0 Å². The van der Waals surface area contributed by atoms with Gasteiger partial charge in [0.25, 0.3) is 5.91 Å². The molecule has 3 atom stereocenters. The smallest absolute Gasteiger partial charge is 0.264 e. The van der Waals surface area contributed by atoms with Crippen molar-refractivity contribution < 1.29 is 13.9 Å². The van der Waals surface area contributed by atoms with E-state index in [0.29, 0.717) is 36.6 Å². The summed E-state index contributed by atoms with van der Waals surface area (Å²) < 4.78 is 11.5. The molecule has 4 rings (SSSR count). The molecule has 0 aromatic carbocycles. The number of carbonyl (C=O) groups is 1. The van der Waals surface area contributed by atoms with Crippen molar-refractivity contribution in [2.45, 2.75) is 32.8 Å². The number of nitrogens with zero attached hydrogens (tertiary/aromatic N) is 3. The minimum atomic E-state index is 0.121. The molecule has 0 saturated carbocycles. The van der Waals surface area contributed by atoms with Gasteiger partial charge in [0.1, 0.15) is 0 Å². The maximum Gasteiger partial charge on any atom is 0.264 e. The Morgan fingerprint density at radius 3 is 3.00 bits per heavy atom. The second-order valence-electron chi connectivity index (χ2n) is 6.69. The van der Waals surface area contributed by atoms with Gasteiger partial charge in [-0.3, -0.25) is 4.79 Å². The van der Waals surface area contributed by atoms with E-state index in [2.05, 4.69) is 10.2 Å². The summed E-state index contributed by atoms with van der Waals surface area (Å²) >= 11 is 1.53. The number of aryl methyl sites for hydroxylation is 2. The van der Waals surface area contributed by atoms with Gasteiger partial charge in [0.05, 0.1) is 24.0 Å². The van der Waals surface area contributed by atoms with Gasteiger partial charge in [0, 0.05) is 25.9 Å². The summed E-state index contributed by atoms with van der Waals surface area (Å²) in [6.45, 7) is 6.07. The van der Waals surface area contributed by atoms with E-state index < -0.39 is 0 Å². The number of aromatic nitrogens is 2. The Kier molecular flexibility index (Phi) is 4.14. The highest BCUT2D eigenvalue weighted by atomic mass is 32.1. The maximum absolute atomic E-state index is 12.7. The predicted octanol–water partition coefficient (Wildman–Crippen LogP) is 2.47. The summed E-state index contributed by atoms with van der Waals surface area (Å²) in [5, 5.41) is 9.94. The molecule has 7 heteroatoms. The molecule has 0 radical (unpaired) electrons. The van der Waals surface area contributed by atoms with Crippen LogP contribution >= 0.6 is 11.3 Å². The summed E-state index contributed by atoms with van der Waals surface area (Å²) in [6.07, 6.45) is 1.76. The predicted molar refractivity (Wildman–Crippen MR) is 89.0 cm³/mol. The molecule has 2 aromatic heterocycles.